The van der Waals surface area contributed by atoms with Gasteiger partial charge in [0.05, 0.1) is 13.2 Å². The monoisotopic (exact) mass is 488 g/mol. The minimum absolute atomic E-state index is 0. The first kappa shape index (κ1) is 32.9. The molecule has 0 saturated carbocycles. The molecule has 11 heteroatoms. The van der Waals surface area contributed by atoms with Gasteiger partial charge in [-0.15, -0.1) is 3.63 Å². The van der Waals surface area contributed by atoms with Crippen molar-refractivity contribution in [3.8, 4) is 0 Å². The van der Waals surface area contributed by atoms with Crippen LogP contribution in [0.2, 0.25) is 0 Å². The third kappa shape index (κ3) is 21.3. The van der Waals surface area contributed by atoms with E-state index in [-0.39, 0.29) is 36.2 Å². The molecule has 0 aromatic heterocycles. The molecule has 0 fully saturated rings. The van der Waals surface area contributed by atoms with E-state index in [4.69, 9.17) is 0 Å². The smallest absolute Gasteiger partial charge is 0.725 e. The van der Waals surface area contributed by atoms with Gasteiger partial charge in [-0.3, -0.25) is 0 Å². The Balaban J connectivity index is 0. The van der Waals surface area contributed by atoms with Gasteiger partial charge in [0, 0.05) is 0 Å². The van der Waals surface area contributed by atoms with Crippen molar-refractivity contribution in [1.82, 2.24) is 0 Å². The summed E-state index contributed by atoms with van der Waals surface area (Å²) in [5.41, 5.74) is 4.38. The van der Waals surface area contributed by atoms with E-state index in [1.165, 1.54) is 17.2 Å². The van der Waals surface area contributed by atoms with E-state index in [2.05, 4.69) is 40.7 Å². The predicted octanol–water partition coefficient (Wildman–Crippen LogP) is 0.847. The van der Waals surface area contributed by atoms with E-state index in [1.54, 1.807) is 6.92 Å². The predicted molar refractivity (Wildman–Crippen MR) is 115 cm³/mol. The number of rotatable bonds is 15. The first-order valence-corrected chi connectivity index (χ1v) is 12.3. The van der Waals surface area contributed by atoms with E-state index in [1.807, 2.05) is 6.08 Å². The Bertz CT molecular complexity index is 850. The maximum atomic E-state index is 11.1. The second-order valence-corrected chi connectivity index (χ2v) is 9.60. The summed E-state index contributed by atoms with van der Waals surface area (Å²) in [7, 11) is -10.3. The summed E-state index contributed by atoms with van der Waals surface area (Å²) in [5, 5.41) is 9.50. The molecule has 0 rings (SSSR count). The minimum atomic E-state index is -5.40. The number of allylic oxidation sites excluding steroid dienone is 6. The minimum Gasteiger partial charge on any atom is -0.725 e. The SMILES string of the molecule is CC(C)=CCC/C(C)=C/CC/C(=C\CC/C(C)=C/COS(=O)(=O)OS(=O)(=O)[O-])CO.[Na+]. The second-order valence-electron chi connectivity index (χ2n) is 7.19. The third-order valence-electron chi connectivity index (χ3n) is 4.04. The van der Waals surface area contributed by atoms with Crippen LogP contribution in [-0.4, -0.2) is 39.7 Å². The van der Waals surface area contributed by atoms with Crippen LogP contribution in [0.5, 0.6) is 0 Å². The molecule has 0 aliphatic heterocycles. The largest absolute Gasteiger partial charge is 1.00 e. The van der Waals surface area contributed by atoms with E-state index in [0.29, 0.717) is 12.8 Å². The molecule has 0 heterocycles. The van der Waals surface area contributed by atoms with Crippen molar-refractivity contribution in [1.29, 1.82) is 0 Å². The Morgan fingerprint density at radius 2 is 1.35 bits per heavy atom. The van der Waals surface area contributed by atoms with E-state index in [9.17, 15) is 26.5 Å². The summed E-state index contributed by atoms with van der Waals surface area (Å²) >= 11 is 0. The molecule has 0 aromatic carbocycles. The standard InChI is InChI=1S/C20H34O8S2.Na/c1-17(2)8-5-9-18(3)10-6-12-20(16-21)13-7-11-19(4)14-15-27-30(25,26)28-29(22,23)24;/h8,10,13-14,21H,5-7,9,11-12,15-16H2,1-4H3,(H,22,23,24);/q;+1/p-1/b18-10+,19-14+,20-13+;. The topological polar surface area (TPSA) is 130 Å². The fourth-order valence-corrected chi connectivity index (χ4v) is 3.64. The molecule has 31 heavy (non-hydrogen) atoms. The molecule has 0 saturated heterocycles. The zero-order valence-electron chi connectivity index (χ0n) is 19.1. The second kappa shape index (κ2) is 17.2. The molecule has 174 valence electrons. The summed E-state index contributed by atoms with van der Waals surface area (Å²) in [6.45, 7) is 7.56. The fourth-order valence-electron chi connectivity index (χ4n) is 2.43. The Hall–Kier alpha value is -0.300. The maximum absolute atomic E-state index is 11.1. The van der Waals surface area contributed by atoms with Crippen molar-refractivity contribution >= 4 is 20.8 Å². The molecule has 0 aliphatic rings. The summed E-state index contributed by atoms with van der Waals surface area (Å²) in [4.78, 5) is 0. The van der Waals surface area contributed by atoms with Gasteiger partial charge in [-0.2, -0.15) is 8.42 Å². The van der Waals surface area contributed by atoms with Crippen LogP contribution in [0.3, 0.4) is 0 Å². The summed E-state index contributed by atoms with van der Waals surface area (Å²) < 4.78 is 60.6. The van der Waals surface area contributed by atoms with Crippen LogP contribution < -0.4 is 29.6 Å². The van der Waals surface area contributed by atoms with Gasteiger partial charge >= 0.3 is 40.0 Å². The van der Waals surface area contributed by atoms with E-state index < -0.39 is 27.4 Å². The van der Waals surface area contributed by atoms with Gasteiger partial charge in [-0.05, 0) is 71.8 Å². The van der Waals surface area contributed by atoms with Gasteiger partial charge in [-0.25, -0.2) is 12.6 Å². The molecule has 0 bridgehead atoms. The molecule has 1 N–H and O–H groups in total. The van der Waals surface area contributed by atoms with Crippen molar-refractivity contribution < 1.29 is 63.9 Å². The Morgan fingerprint density at radius 1 is 0.839 bits per heavy atom. The molecule has 8 nitrogen and oxygen atoms in total. The van der Waals surface area contributed by atoms with Gasteiger partial charge in [0.25, 0.3) is 0 Å². The third-order valence-corrected chi connectivity index (χ3v) is 5.79. The van der Waals surface area contributed by atoms with Crippen molar-refractivity contribution in [2.24, 2.45) is 0 Å². The number of aliphatic hydroxyl groups is 1. The maximum Gasteiger partial charge on any atom is 1.00 e. The van der Waals surface area contributed by atoms with Crippen molar-refractivity contribution in [2.75, 3.05) is 13.2 Å². The van der Waals surface area contributed by atoms with Crippen LogP contribution in [0.1, 0.15) is 66.2 Å². The average molecular weight is 489 g/mol. The van der Waals surface area contributed by atoms with E-state index >= 15 is 0 Å². The molecule has 0 radical (unpaired) electrons. The molecular formula is C20H33NaO8S2. The summed E-state index contributed by atoms with van der Waals surface area (Å²) in [5.74, 6) is 0. The van der Waals surface area contributed by atoms with Crippen molar-refractivity contribution in [2.45, 2.75) is 66.2 Å². The van der Waals surface area contributed by atoms with Crippen LogP contribution >= 0.6 is 0 Å². The van der Waals surface area contributed by atoms with Gasteiger partial charge in [0.15, 0.2) is 0 Å². The summed E-state index contributed by atoms with van der Waals surface area (Å²) in [6, 6.07) is 0. The zero-order chi connectivity index (χ0) is 23.2. The first-order valence-electron chi connectivity index (χ1n) is 9.64. The van der Waals surface area contributed by atoms with Crippen LogP contribution in [0, 0.1) is 0 Å². The number of aliphatic hydroxyl groups excluding tert-OH is 1. The summed E-state index contributed by atoms with van der Waals surface area (Å²) in [6.07, 6.45) is 12.7. The van der Waals surface area contributed by atoms with Crippen LogP contribution in [0.4, 0.5) is 0 Å². The molecule has 0 atom stereocenters. The molecule has 0 aromatic rings. The quantitative estimate of drug-likeness (QED) is 0.155. The van der Waals surface area contributed by atoms with Crippen molar-refractivity contribution in [3.63, 3.8) is 0 Å². The van der Waals surface area contributed by atoms with Gasteiger partial charge in [-0.1, -0.05) is 41.0 Å². The zero-order valence-corrected chi connectivity index (χ0v) is 22.7. The Labute approximate surface area is 209 Å². The van der Waals surface area contributed by atoms with Crippen molar-refractivity contribution in [3.05, 3.63) is 46.6 Å². The first-order chi connectivity index (χ1) is 13.8. The normalized spacial score (nSPS) is 13.7. The van der Waals surface area contributed by atoms with Gasteiger partial charge in [0.2, 0.25) is 10.4 Å². The number of hydrogen-bond donors (Lipinski definition) is 1. The van der Waals surface area contributed by atoms with E-state index in [0.717, 1.165) is 36.8 Å². The van der Waals surface area contributed by atoms with Gasteiger partial charge < -0.3 is 9.66 Å². The Morgan fingerprint density at radius 3 is 1.87 bits per heavy atom. The molecule has 0 aliphatic carbocycles. The van der Waals surface area contributed by atoms with Crippen LogP contribution in [-0.2, 0) is 28.6 Å². The molecule has 0 amide bonds. The fraction of sp³-hybridized carbons (Fsp3) is 0.600. The molecule has 0 unspecified atom stereocenters. The molecular weight excluding hydrogens is 455 g/mol. The average Bonchev–Trinajstić information content (AvgIpc) is 2.57. The Kier molecular flexibility index (Phi) is 18.3. The number of hydrogen-bond acceptors (Lipinski definition) is 8. The van der Waals surface area contributed by atoms with Crippen LogP contribution in [0.15, 0.2) is 46.6 Å². The van der Waals surface area contributed by atoms with Crippen LogP contribution in [0.25, 0.3) is 0 Å². The van der Waals surface area contributed by atoms with Gasteiger partial charge in [0.1, 0.15) is 0 Å². The molecule has 0 spiro atoms.